The second-order valence-electron chi connectivity index (χ2n) is 6.28. The molecule has 0 saturated carbocycles. The predicted molar refractivity (Wildman–Crippen MR) is 82.2 cm³/mol. The normalized spacial score (nSPS) is 27.0. The zero-order valence-electron chi connectivity index (χ0n) is 12.3. The Kier molecular flexibility index (Phi) is 2.99. The van der Waals surface area contributed by atoms with E-state index in [1.54, 1.807) is 0 Å². The van der Waals surface area contributed by atoms with Crippen molar-refractivity contribution < 1.29 is 4.63 Å². The third kappa shape index (κ3) is 2.05. The SMILES string of the molecule is CC1CN2CCCCC2CN1c1ccc(N)c2nonc12. The first-order chi connectivity index (χ1) is 10.2. The number of nitrogens with two attached hydrogens (primary N) is 1. The van der Waals surface area contributed by atoms with Crippen molar-refractivity contribution in [2.45, 2.75) is 38.3 Å². The van der Waals surface area contributed by atoms with Gasteiger partial charge in [0.25, 0.3) is 0 Å². The van der Waals surface area contributed by atoms with Gasteiger partial charge in [-0.15, -0.1) is 0 Å². The Balaban J connectivity index is 1.71. The summed E-state index contributed by atoms with van der Waals surface area (Å²) < 4.78 is 4.90. The lowest BCUT2D eigenvalue weighted by Crippen LogP contribution is -2.58. The highest BCUT2D eigenvalue weighted by Gasteiger charge is 2.34. The van der Waals surface area contributed by atoms with Crippen LogP contribution in [0.25, 0.3) is 11.0 Å². The molecular weight excluding hydrogens is 266 g/mol. The quantitative estimate of drug-likeness (QED) is 0.807. The van der Waals surface area contributed by atoms with E-state index in [-0.39, 0.29) is 0 Å². The van der Waals surface area contributed by atoms with Crippen LogP contribution in [0.15, 0.2) is 16.8 Å². The number of nitrogen functional groups attached to an aromatic ring is 1. The first kappa shape index (κ1) is 12.9. The Morgan fingerprint density at radius 1 is 1.19 bits per heavy atom. The van der Waals surface area contributed by atoms with Crippen molar-refractivity contribution in [1.29, 1.82) is 0 Å². The van der Waals surface area contributed by atoms with Crippen LogP contribution in [-0.4, -0.2) is 46.9 Å². The minimum Gasteiger partial charge on any atom is -0.397 e. The average molecular weight is 287 g/mol. The van der Waals surface area contributed by atoms with Crippen LogP contribution < -0.4 is 10.6 Å². The maximum Gasteiger partial charge on any atom is 0.160 e. The molecule has 0 bridgehead atoms. The first-order valence-electron chi connectivity index (χ1n) is 7.75. The van der Waals surface area contributed by atoms with Gasteiger partial charge in [0.05, 0.1) is 11.4 Å². The van der Waals surface area contributed by atoms with Crippen LogP contribution in [0.5, 0.6) is 0 Å². The smallest absolute Gasteiger partial charge is 0.160 e. The number of nitrogens with zero attached hydrogens (tertiary/aromatic N) is 4. The van der Waals surface area contributed by atoms with Crippen molar-refractivity contribution in [1.82, 2.24) is 15.2 Å². The highest BCUT2D eigenvalue weighted by atomic mass is 16.6. The van der Waals surface area contributed by atoms with Gasteiger partial charge in [0.2, 0.25) is 0 Å². The summed E-state index contributed by atoms with van der Waals surface area (Å²) in [6.45, 7) is 5.68. The Bertz CT molecular complexity index is 655. The van der Waals surface area contributed by atoms with Crippen LogP contribution in [0, 0.1) is 0 Å². The Morgan fingerprint density at radius 3 is 2.95 bits per heavy atom. The fourth-order valence-electron chi connectivity index (χ4n) is 3.79. The molecule has 2 fully saturated rings. The molecule has 2 N–H and O–H groups in total. The standard InChI is InChI=1S/C15H21N5O/c1-10-8-19-7-3-2-4-11(19)9-20(10)13-6-5-12(16)14-15(13)18-21-17-14/h5-6,10-11H,2-4,7-9,16H2,1H3. The van der Waals surface area contributed by atoms with Crippen LogP contribution in [0.3, 0.4) is 0 Å². The van der Waals surface area contributed by atoms with Gasteiger partial charge in [-0.25, -0.2) is 4.63 Å². The van der Waals surface area contributed by atoms with Crippen LogP contribution in [0.2, 0.25) is 0 Å². The van der Waals surface area contributed by atoms with Gasteiger partial charge in [-0.05, 0) is 48.8 Å². The second kappa shape index (κ2) is 4.87. The van der Waals surface area contributed by atoms with E-state index < -0.39 is 0 Å². The molecule has 2 aliphatic heterocycles. The van der Waals surface area contributed by atoms with Crippen LogP contribution >= 0.6 is 0 Å². The molecule has 3 heterocycles. The van der Waals surface area contributed by atoms with E-state index in [1.165, 1.54) is 25.8 Å². The minimum absolute atomic E-state index is 0.461. The Labute approximate surface area is 123 Å². The van der Waals surface area contributed by atoms with Crippen LogP contribution in [0.1, 0.15) is 26.2 Å². The molecule has 0 spiro atoms. The van der Waals surface area contributed by atoms with Gasteiger partial charge in [0.15, 0.2) is 11.0 Å². The molecule has 2 saturated heterocycles. The van der Waals surface area contributed by atoms with Gasteiger partial charge < -0.3 is 10.6 Å². The molecule has 0 amide bonds. The number of anilines is 2. The summed E-state index contributed by atoms with van der Waals surface area (Å²) in [7, 11) is 0. The number of aromatic nitrogens is 2. The number of rotatable bonds is 1. The fourth-order valence-corrected chi connectivity index (χ4v) is 3.79. The van der Waals surface area contributed by atoms with Gasteiger partial charge in [-0.1, -0.05) is 6.42 Å². The van der Waals surface area contributed by atoms with E-state index in [1.807, 2.05) is 6.07 Å². The minimum atomic E-state index is 0.461. The summed E-state index contributed by atoms with van der Waals surface area (Å²) in [6, 6.07) is 5.07. The summed E-state index contributed by atoms with van der Waals surface area (Å²) in [5.74, 6) is 0. The summed E-state index contributed by atoms with van der Waals surface area (Å²) in [4.78, 5) is 5.08. The largest absolute Gasteiger partial charge is 0.397 e. The molecule has 0 aliphatic carbocycles. The Hall–Kier alpha value is -1.82. The van der Waals surface area contributed by atoms with Crippen molar-refractivity contribution >= 4 is 22.4 Å². The topological polar surface area (TPSA) is 71.4 Å². The zero-order chi connectivity index (χ0) is 14.4. The van der Waals surface area contributed by atoms with Gasteiger partial charge in [0, 0.05) is 25.2 Å². The molecule has 0 radical (unpaired) electrons. The maximum atomic E-state index is 5.95. The molecule has 1 aromatic heterocycles. The fraction of sp³-hybridized carbons (Fsp3) is 0.600. The number of hydrogen-bond donors (Lipinski definition) is 1. The van der Waals surface area contributed by atoms with Gasteiger partial charge in [0.1, 0.15) is 0 Å². The van der Waals surface area contributed by atoms with Crippen molar-refractivity contribution in [3.8, 4) is 0 Å². The molecule has 2 aromatic rings. The van der Waals surface area contributed by atoms with Gasteiger partial charge in [-0.2, -0.15) is 0 Å². The number of piperazine rings is 1. The predicted octanol–water partition coefficient (Wildman–Crippen LogP) is 1.87. The van der Waals surface area contributed by atoms with E-state index in [2.05, 4.69) is 33.1 Å². The van der Waals surface area contributed by atoms with E-state index in [9.17, 15) is 0 Å². The lowest BCUT2D eigenvalue weighted by molar-refractivity contribution is 0.116. The molecule has 4 rings (SSSR count). The lowest BCUT2D eigenvalue weighted by Gasteiger charge is -2.48. The zero-order valence-corrected chi connectivity index (χ0v) is 12.3. The first-order valence-corrected chi connectivity index (χ1v) is 7.75. The molecule has 2 aliphatic rings. The molecular formula is C15H21N5O. The highest BCUT2D eigenvalue weighted by Crippen LogP contribution is 2.33. The summed E-state index contributed by atoms with van der Waals surface area (Å²) >= 11 is 0. The highest BCUT2D eigenvalue weighted by molar-refractivity contribution is 5.95. The summed E-state index contributed by atoms with van der Waals surface area (Å²) in [5.41, 5.74) is 9.13. The van der Waals surface area contributed by atoms with Crippen LogP contribution in [-0.2, 0) is 0 Å². The second-order valence-corrected chi connectivity index (χ2v) is 6.28. The number of piperidine rings is 1. The molecule has 21 heavy (non-hydrogen) atoms. The number of benzene rings is 1. The Morgan fingerprint density at radius 2 is 2.05 bits per heavy atom. The molecule has 1 aromatic carbocycles. The molecule has 6 nitrogen and oxygen atoms in total. The number of fused-ring (bicyclic) bond motifs is 2. The molecule has 6 heteroatoms. The average Bonchev–Trinajstić information content (AvgIpc) is 2.98. The molecule has 112 valence electrons. The van der Waals surface area contributed by atoms with Crippen LogP contribution in [0.4, 0.5) is 11.4 Å². The van der Waals surface area contributed by atoms with Gasteiger partial charge >= 0.3 is 0 Å². The number of hydrogen-bond acceptors (Lipinski definition) is 6. The van der Waals surface area contributed by atoms with E-state index in [4.69, 9.17) is 10.4 Å². The van der Waals surface area contributed by atoms with Crippen molar-refractivity contribution in [2.75, 3.05) is 30.3 Å². The summed E-state index contributed by atoms with van der Waals surface area (Å²) in [6.07, 6.45) is 3.97. The monoisotopic (exact) mass is 287 g/mol. The van der Waals surface area contributed by atoms with Crippen molar-refractivity contribution in [2.24, 2.45) is 0 Å². The van der Waals surface area contributed by atoms with E-state index in [0.717, 1.165) is 24.3 Å². The maximum absolute atomic E-state index is 5.95. The van der Waals surface area contributed by atoms with Crippen molar-refractivity contribution in [3.05, 3.63) is 12.1 Å². The van der Waals surface area contributed by atoms with E-state index in [0.29, 0.717) is 23.3 Å². The third-order valence-electron chi connectivity index (χ3n) is 4.92. The van der Waals surface area contributed by atoms with E-state index >= 15 is 0 Å². The third-order valence-corrected chi connectivity index (χ3v) is 4.92. The molecule has 2 atom stereocenters. The molecule has 2 unspecified atom stereocenters. The van der Waals surface area contributed by atoms with Crippen molar-refractivity contribution in [3.63, 3.8) is 0 Å². The lowest BCUT2D eigenvalue weighted by atomic mass is 9.96. The summed E-state index contributed by atoms with van der Waals surface area (Å²) in [5, 5.41) is 8.00. The van der Waals surface area contributed by atoms with Gasteiger partial charge in [-0.3, -0.25) is 4.90 Å².